The van der Waals surface area contributed by atoms with Gasteiger partial charge in [0.15, 0.2) is 11.5 Å². The molecule has 2 aromatic carbocycles. The molecule has 2 aromatic rings. The highest BCUT2D eigenvalue weighted by Crippen LogP contribution is 2.40. The molecule has 39 heavy (non-hydrogen) atoms. The number of methoxy groups -OCH3 is 3. The van der Waals surface area contributed by atoms with Crippen LogP contribution in [0.3, 0.4) is 0 Å². The molecule has 2 heterocycles. The highest BCUT2D eigenvalue weighted by molar-refractivity contribution is 5.98. The number of hydrogen-bond donors (Lipinski definition) is 1. The van der Waals surface area contributed by atoms with Gasteiger partial charge in [0, 0.05) is 58.3 Å². The summed E-state index contributed by atoms with van der Waals surface area (Å²) in [5.41, 5.74) is 1.64. The number of carbonyl (C=O) groups excluding carboxylic acids is 2. The summed E-state index contributed by atoms with van der Waals surface area (Å²) in [5.74, 6) is 2.24. The molecule has 2 amide bonds. The molecule has 1 atom stereocenters. The molecule has 0 bridgehead atoms. The molecule has 1 N–H and O–H groups in total. The van der Waals surface area contributed by atoms with Crippen LogP contribution in [0.15, 0.2) is 36.4 Å². The van der Waals surface area contributed by atoms with Crippen LogP contribution in [-0.4, -0.2) is 107 Å². The lowest BCUT2D eigenvalue weighted by atomic mass is 10.1. The molecule has 2 fully saturated rings. The van der Waals surface area contributed by atoms with Crippen molar-refractivity contribution in [3.8, 4) is 23.0 Å². The van der Waals surface area contributed by atoms with Crippen molar-refractivity contribution in [1.29, 1.82) is 0 Å². The molecule has 0 unspecified atom stereocenters. The Labute approximate surface area is 230 Å². The van der Waals surface area contributed by atoms with Crippen LogP contribution in [0, 0.1) is 0 Å². The number of nitrogens with zero attached hydrogens (tertiary/aromatic N) is 3. The number of amides is 2. The fraction of sp³-hybridized carbons (Fsp3) is 0.517. The third kappa shape index (κ3) is 7.33. The monoisotopic (exact) mass is 540 g/mol. The Morgan fingerprint density at radius 1 is 1.03 bits per heavy atom. The zero-order valence-electron chi connectivity index (χ0n) is 23.4. The first kappa shape index (κ1) is 28.5. The molecule has 0 radical (unpaired) electrons. The molecule has 0 spiro atoms. The molecule has 0 aliphatic carbocycles. The van der Waals surface area contributed by atoms with Gasteiger partial charge in [-0.25, -0.2) is 0 Å². The van der Waals surface area contributed by atoms with Gasteiger partial charge in [-0.1, -0.05) is 12.1 Å². The third-order valence-electron chi connectivity index (χ3n) is 7.24. The zero-order valence-corrected chi connectivity index (χ0v) is 23.4. The van der Waals surface area contributed by atoms with Crippen LogP contribution in [0.5, 0.6) is 23.0 Å². The summed E-state index contributed by atoms with van der Waals surface area (Å²) in [4.78, 5) is 31.1. The maximum Gasteiger partial charge on any atom is 0.257 e. The number of hydrogen-bond acceptors (Lipinski definition) is 8. The molecule has 10 nitrogen and oxygen atoms in total. The maximum atomic E-state index is 13.3. The maximum absolute atomic E-state index is 13.3. The largest absolute Gasteiger partial charge is 0.493 e. The summed E-state index contributed by atoms with van der Waals surface area (Å²) in [6.07, 6.45) is 1.53. The van der Waals surface area contributed by atoms with E-state index in [2.05, 4.69) is 34.3 Å². The normalized spacial score (nSPS) is 17.7. The molecular formula is C29H40N4O6. The van der Waals surface area contributed by atoms with E-state index in [1.807, 2.05) is 17.0 Å². The van der Waals surface area contributed by atoms with Gasteiger partial charge in [-0.3, -0.25) is 14.5 Å². The Kier molecular flexibility index (Phi) is 9.89. The highest BCUT2D eigenvalue weighted by atomic mass is 16.5. The van der Waals surface area contributed by atoms with Crippen molar-refractivity contribution in [2.45, 2.75) is 25.4 Å². The molecule has 2 saturated heterocycles. The summed E-state index contributed by atoms with van der Waals surface area (Å²) < 4.78 is 22.3. The first-order valence-electron chi connectivity index (χ1n) is 13.4. The number of ether oxygens (including phenoxy) is 4. The van der Waals surface area contributed by atoms with Crippen molar-refractivity contribution in [1.82, 2.24) is 20.0 Å². The van der Waals surface area contributed by atoms with Crippen LogP contribution in [0.25, 0.3) is 0 Å². The van der Waals surface area contributed by atoms with E-state index in [0.29, 0.717) is 48.9 Å². The summed E-state index contributed by atoms with van der Waals surface area (Å²) in [7, 11) is 6.68. The summed E-state index contributed by atoms with van der Waals surface area (Å²) in [5, 5.41) is 3.03. The first-order chi connectivity index (χ1) is 18.9. The van der Waals surface area contributed by atoms with Crippen LogP contribution in [0.4, 0.5) is 0 Å². The molecule has 2 aliphatic heterocycles. The Hall–Kier alpha value is -3.50. The van der Waals surface area contributed by atoms with Crippen molar-refractivity contribution < 1.29 is 28.5 Å². The fourth-order valence-corrected chi connectivity index (χ4v) is 5.21. The highest BCUT2D eigenvalue weighted by Gasteiger charge is 2.27. The standard InChI is InChI=1S/C29H40N4O6/c1-31(20-22-8-11-26(34)30-22)19-21-6-5-7-23(18-21)39-17-16-32-12-14-33(15-13-32)29(35)24-9-10-25(36-2)28(38-4)27(24)37-3/h5-7,9-10,18,22H,8,11-17,19-20H2,1-4H3,(H,30,34)/t22-/m0/s1. The number of nitrogens with one attached hydrogen (secondary N) is 1. The van der Waals surface area contributed by atoms with Crippen LogP contribution in [0.2, 0.25) is 0 Å². The molecule has 2 aliphatic rings. The van der Waals surface area contributed by atoms with Gasteiger partial charge in [0.25, 0.3) is 5.91 Å². The van der Waals surface area contributed by atoms with Gasteiger partial charge in [0.05, 0.1) is 26.9 Å². The first-order valence-corrected chi connectivity index (χ1v) is 13.4. The van der Waals surface area contributed by atoms with Crippen molar-refractivity contribution in [2.75, 3.05) is 74.3 Å². The van der Waals surface area contributed by atoms with E-state index in [1.54, 1.807) is 19.2 Å². The van der Waals surface area contributed by atoms with E-state index in [0.717, 1.165) is 44.9 Å². The summed E-state index contributed by atoms with van der Waals surface area (Å²) >= 11 is 0. The van der Waals surface area contributed by atoms with Crippen LogP contribution >= 0.6 is 0 Å². The SMILES string of the molecule is COc1ccc(C(=O)N2CCN(CCOc3cccc(CN(C)C[C@@H]4CCC(=O)N4)c3)CC2)c(OC)c1OC. The number of piperazine rings is 1. The molecule has 0 aromatic heterocycles. The average Bonchev–Trinajstić information content (AvgIpc) is 3.36. The molecule has 4 rings (SSSR count). The average molecular weight is 541 g/mol. The number of benzene rings is 2. The lowest BCUT2D eigenvalue weighted by Crippen LogP contribution is -2.49. The van der Waals surface area contributed by atoms with Crippen LogP contribution in [-0.2, 0) is 11.3 Å². The Morgan fingerprint density at radius 2 is 1.79 bits per heavy atom. The van der Waals surface area contributed by atoms with Crippen molar-refractivity contribution >= 4 is 11.8 Å². The predicted molar refractivity (Wildman–Crippen MR) is 148 cm³/mol. The van der Waals surface area contributed by atoms with Gasteiger partial charge in [-0.2, -0.15) is 0 Å². The van der Waals surface area contributed by atoms with Gasteiger partial charge in [0.2, 0.25) is 11.7 Å². The van der Waals surface area contributed by atoms with Crippen molar-refractivity contribution in [3.63, 3.8) is 0 Å². The van der Waals surface area contributed by atoms with Crippen LogP contribution < -0.4 is 24.3 Å². The minimum atomic E-state index is -0.0826. The van der Waals surface area contributed by atoms with Crippen molar-refractivity contribution in [2.24, 2.45) is 0 Å². The zero-order chi connectivity index (χ0) is 27.8. The molecular weight excluding hydrogens is 500 g/mol. The Morgan fingerprint density at radius 3 is 2.46 bits per heavy atom. The van der Waals surface area contributed by atoms with E-state index < -0.39 is 0 Å². The number of carbonyl (C=O) groups is 2. The number of likely N-dealkylation sites (N-methyl/N-ethyl adjacent to an activating group) is 1. The smallest absolute Gasteiger partial charge is 0.257 e. The molecule has 0 saturated carbocycles. The summed E-state index contributed by atoms with van der Waals surface area (Å²) in [6.45, 7) is 5.78. The Balaban J connectivity index is 1.22. The van der Waals surface area contributed by atoms with E-state index in [4.69, 9.17) is 18.9 Å². The minimum absolute atomic E-state index is 0.0826. The Bertz CT molecular complexity index is 1130. The van der Waals surface area contributed by atoms with Gasteiger partial charge in [-0.05, 0) is 43.3 Å². The summed E-state index contributed by atoms with van der Waals surface area (Å²) in [6, 6.07) is 11.9. The van der Waals surface area contributed by atoms with Crippen LogP contribution in [0.1, 0.15) is 28.8 Å². The second-order valence-electron chi connectivity index (χ2n) is 10.0. The predicted octanol–water partition coefficient (Wildman–Crippen LogP) is 2.26. The second kappa shape index (κ2) is 13.5. The van der Waals surface area contributed by atoms with E-state index in [-0.39, 0.29) is 17.9 Å². The topological polar surface area (TPSA) is 92.8 Å². The van der Waals surface area contributed by atoms with Gasteiger partial charge in [0.1, 0.15) is 12.4 Å². The van der Waals surface area contributed by atoms with Gasteiger partial charge >= 0.3 is 0 Å². The fourth-order valence-electron chi connectivity index (χ4n) is 5.21. The second-order valence-corrected chi connectivity index (χ2v) is 10.0. The lowest BCUT2D eigenvalue weighted by molar-refractivity contribution is -0.119. The minimum Gasteiger partial charge on any atom is -0.493 e. The lowest BCUT2D eigenvalue weighted by Gasteiger charge is -2.35. The van der Waals surface area contributed by atoms with E-state index >= 15 is 0 Å². The third-order valence-corrected chi connectivity index (χ3v) is 7.24. The quantitative estimate of drug-likeness (QED) is 0.438. The van der Waals surface area contributed by atoms with E-state index in [1.165, 1.54) is 19.8 Å². The molecule has 212 valence electrons. The van der Waals surface area contributed by atoms with Crippen molar-refractivity contribution in [3.05, 3.63) is 47.5 Å². The van der Waals surface area contributed by atoms with Gasteiger partial charge in [-0.15, -0.1) is 0 Å². The molecule has 10 heteroatoms. The number of rotatable bonds is 12. The van der Waals surface area contributed by atoms with Gasteiger partial charge < -0.3 is 34.1 Å². The van der Waals surface area contributed by atoms with E-state index in [9.17, 15) is 9.59 Å².